The minimum absolute atomic E-state index is 0.0240. The van der Waals surface area contributed by atoms with Crippen LogP contribution in [0.5, 0.6) is 0 Å². The number of fused-ring (bicyclic) bond motifs is 1. The molecule has 1 heterocycles. The quantitative estimate of drug-likeness (QED) is 0.575. The van der Waals surface area contributed by atoms with E-state index < -0.39 is 21.8 Å². The molecule has 0 bridgehead atoms. The first kappa shape index (κ1) is 19.6. The van der Waals surface area contributed by atoms with E-state index in [2.05, 4.69) is 21.2 Å². The Bertz CT molecular complexity index is 1240. The highest BCUT2D eigenvalue weighted by Gasteiger charge is 2.42. The van der Waals surface area contributed by atoms with Crippen LogP contribution in [0.15, 0.2) is 76.1 Å². The SMILES string of the molecule is O=C(Nc1ccc(Cl)cc1)c1ccc2c(c1)S(=O)(=O)N(c1ccc(Br)cc1)C2=O. The van der Waals surface area contributed by atoms with Crippen LogP contribution >= 0.6 is 27.5 Å². The average Bonchev–Trinajstić information content (AvgIpc) is 2.90. The van der Waals surface area contributed by atoms with E-state index >= 15 is 0 Å². The van der Waals surface area contributed by atoms with Gasteiger partial charge in [0, 0.05) is 20.7 Å². The number of nitrogens with zero attached hydrogens (tertiary/aromatic N) is 1. The van der Waals surface area contributed by atoms with Crippen molar-refractivity contribution in [2.24, 2.45) is 0 Å². The molecule has 3 aromatic carbocycles. The van der Waals surface area contributed by atoms with Gasteiger partial charge in [-0.05, 0) is 66.7 Å². The molecule has 29 heavy (non-hydrogen) atoms. The largest absolute Gasteiger partial charge is 0.322 e. The minimum Gasteiger partial charge on any atom is -0.322 e. The lowest BCUT2D eigenvalue weighted by Gasteiger charge is -2.15. The van der Waals surface area contributed by atoms with Crippen molar-refractivity contribution in [1.82, 2.24) is 0 Å². The Morgan fingerprint density at radius 2 is 1.62 bits per heavy atom. The fraction of sp³-hybridized carbons (Fsp3) is 0. The molecule has 2 amide bonds. The van der Waals surface area contributed by atoms with E-state index in [4.69, 9.17) is 11.6 Å². The molecule has 6 nitrogen and oxygen atoms in total. The summed E-state index contributed by atoms with van der Waals surface area (Å²) >= 11 is 9.11. The highest BCUT2D eigenvalue weighted by Crippen LogP contribution is 2.35. The Hall–Kier alpha value is -2.68. The first-order valence-electron chi connectivity index (χ1n) is 8.33. The number of nitrogens with one attached hydrogen (secondary N) is 1. The Balaban J connectivity index is 1.69. The maximum absolute atomic E-state index is 13.0. The second-order valence-corrected chi connectivity index (χ2v) is 9.33. The number of halogens is 2. The summed E-state index contributed by atoms with van der Waals surface area (Å²) < 4.78 is 27.5. The summed E-state index contributed by atoms with van der Waals surface area (Å²) in [5.41, 5.74) is 0.876. The molecule has 4 rings (SSSR count). The third kappa shape index (κ3) is 3.55. The summed E-state index contributed by atoms with van der Waals surface area (Å²) in [4.78, 5) is 25.1. The van der Waals surface area contributed by atoms with Crippen molar-refractivity contribution < 1.29 is 18.0 Å². The van der Waals surface area contributed by atoms with Gasteiger partial charge in [-0.1, -0.05) is 27.5 Å². The molecule has 0 radical (unpaired) electrons. The van der Waals surface area contributed by atoms with E-state index in [0.717, 1.165) is 8.78 Å². The zero-order valence-corrected chi connectivity index (χ0v) is 17.8. The maximum atomic E-state index is 13.0. The van der Waals surface area contributed by atoms with Gasteiger partial charge in [-0.3, -0.25) is 9.59 Å². The van der Waals surface area contributed by atoms with Gasteiger partial charge < -0.3 is 5.32 Å². The molecule has 0 fully saturated rings. The fourth-order valence-electron chi connectivity index (χ4n) is 2.94. The van der Waals surface area contributed by atoms with E-state index in [9.17, 15) is 18.0 Å². The van der Waals surface area contributed by atoms with Gasteiger partial charge in [0.2, 0.25) is 0 Å². The Labute approximate surface area is 180 Å². The normalized spacial score (nSPS) is 14.6. The molecular formula is C20H12BrClN2O4S. The topological polar surface area (TPSA) is 83.6 Å². The summed E-state index contributed by atoms with van der Waals surface area (Å²) in [6.45, 7) is 0. The van der Waals surface area contributed by atoms with Crippen molar-refractivity contribution in [3.63, 3.8) is 0 Å². The molecule has 3 aromatic rings. The van der Waals surface area contributed by atoms with Gasteiger partial charge in [-0.25, -0.2) is 8.42 Å². The minimum atomic E-state index is -4.12. The van der Waals surface area contributed by atoms with E-state index in [1.54, 1.807) is 36.4 Å². The van der Waals surface area contributed by atoms with Crippen LogP contribution in [-0.2, 0) is 10.0 Å². The van der Waals surface area contributed by atoms with Crippen molar-refractivity contribution in [3.05, 3.63) is 87.4 Å². The Morgan fingerprint density at radius 1 is 0.966 bits per heavy atom. The standard InChI is InChI=1S/C20H12BrClN2O4S/c21-13-2-8-16(9-3-13)24-20(26)17-10-1-12(11-18(17)29(24,27)28)19(25)23-15-6-4-14(22)5-7-15/h1-11H,(H,23,25). The van der Waals surface area contributed by atoms with Crippen LogP contribution < -0.4 is 9.62 Å². The lowest BCUT2D eigenvalue weighted by molar-refractivity contribution is 0.100. The van der Waals surface area contributed by atoms with Gasteiger partial charge in [0.1, 0.15) is 4.90 Å². The molecule has 0 atom stereocenters. The van der Waals surface area contributed by atoms with Crippen LogP contribution in [0, 0.1) is 0 Å². The maximum Gasteiger partial charge on any atom is 0.273 e. The molecule has 0 aliphatic carbocycles. The molecule has 1 N–H and O–H groups in total. The third-order valence-electron chi connectivity index (χ3n) is 4.34. The van der Waals surface area contributed by atoms with Gasteiger partial charge in [-0.15, -0.1) is 0 Å². The molecule has 9 heteroatoms. The molecule has 0 saturated carbocycles. The van der Waals surface area contributed by atoms with Gasteiger partial charge in [-0.2, -0.15) is 4.31 Å². The van der Waals surface area contributed by atoms with Gasteiger partial charge >= 0.3 is 0 Å². The van der Waals surface area contributed by atoms with E-state index in [-0.39, 0.29) is 21.7 Å². The first-order chi connectivity index (χ1) is 13.8. The predicted molar refractivity (Wildman–Crippen MR) is 114 cm³/mol. The highest BCUT2D eigenvalue weighted by atomic mass is 79.9. The lowest BCUT2D eigenvalue weighted by atomic mass is 10.1. The Morgan fingerprint density at radius 3 is 2.28 bits per heavy atom. The second-order valence-electron chi connectivity index (χ2n) is 6.22. The number of amides is 2. The monoisotopic (exact) mass is 490 g/mol. The van der Waals surface area contributed by atoms with E-state index in [1.807, 2.05) is 0 Å². The molecule has 0 aromatic heterocycles. The van der Waals surface area contributed by atoms with Gasteiger partial charge in [0.05, 0.1) is 11.3 Å². The Kier molecular flexibility index (Phi) is 4.94. The number of sulfonamides is 1. The zero-order chi connectivity index (χ0) is 20.8. The van der Waals surface area contributed by atoms with Gasteiger partial charge in [0.15, 0.2) is 0 Å². The van der Waals surface area contributed by atoms with Crippen LogP contribution in [0.3, 0.4) is 0 Å². The van der Waals surface area contributed by atoms with Crippen LogP contribution in [0.25, 0.3) is 0 Å². The van der Waals surface area contributed by atoms with Crippen molar-refractivity contribution in [3.8, 4) is 0 Å². The van der Waals surface area contributed by atoms with Gasteiger partial charge in [0.25, 0.3) is 21.8 Å². The lowest BCUT2D eigenvalue weighted by Crippen LogP contribution is -2.29. The molecule has 0 spiro atoms. The number of hydrogen-bond donors (Lipinski definition) is 1. The average molecular weight is 492 g/mol. The summed E-state index contributed by atoms with van der Waals surface area (Å²) in [5.74, 6) is -1.16. The van der Waals surface area contributed by atoms with Crippen molar-refractivity contribution in [2.45, 2.75) is 4.90 Å². The summed E-state index contributed by atoms with van der Waals surface area (Å²) in [5, 5.41) is 3.19. The fourth-order valence-corrected chi connectivity index (χ4v) is 4.95. The first-order valence-corrected chi connectivity index (χ1v) is 10.9. The number of rotatable bonds is 3. The molecule has 0 unspecified atom stereocenters. The van der Waals surface area contributed by atoms with Crippen molar-refractivity contribution in [1.29, 1.82) is 0 Å². The van der Waals surface area contributed by atoms with Crippen LogP contribution in [0.4, 0.5) is 11.4 Å². The molecule has 1 aliphatic heterocycles. The van der Waals surface area contributed by atoms with Crippen LogP contribution in [0.1, 0.15) is 20.7 Å². The second kappa shape index (κ2) is 7.29. The highest BCUT2D eigenvalue weighted by molar-refractivity contribution is 9.10. The number of hydrogen-bond acceptors (Lipinski definition) is 4. The van der Waals surface area contributed by atoms with Crippen molar-refractivity contribution >= 4 is 60.7 Å². The molecular weight excluding hydrogens is 480 g/mol. The predicted octanol–water partition coefficient (Wildman–Crippen LogP) is 4.70. The smallest absolute Gasteiger partial charge is 0.273 e. The summed E-state index contributed by atoms with van der Waals surface area (Å²) in [6, 6.07) is 16.8. The zero-order valence-electron chi connectivity index (χ0n) is 14.6. The molecule has 1 aliphatic rings. The number of carbonyl (C=O) groups is 2. The van der Waals surface area contributed by atoms with E-state index in [1.165, 1.54) is 30.3 Å². The number of anilines is 2. The molecule has 146 valence electrons. The summed E-state index contributed by atoms with van der Waals surface area (Å²) in [7, 11) is -4.12. The third-order valence-corrected chi connectivity index (χ3v) is 6.87. The van der Waals surface area contributed by atoms with Crippen LogP contribution in [-0.4, -0.2) is 20.2 Å². The van der Waals surface area contributed by atoms with E-state index in [0.29, 0.717) is 10.7 Å². The number of benzene rings is 3. The number of carbonyl (C=O) groups excluding carboxylic acids is 2. The summed E-state index contributed by atoms with van der Waals surface area (Å²) in [6.07, 6.45) is 0. The molecule has 0 saturated heterocycles. The van der Waals surface area contributed by atoms with Crippen LogP contribution in [0.2, 0.25) is 5.02 Å². The van der Waals surface area contributed by atoms with Crippen molar-refractivity contribution in [2.75, 3.05) is 9.62 Å².